The Morgan fingerprint density at radius 3 is 2.93 bits per heavy atom. The van der Waals surface area contributed by atoms with Crippen LogP contribution in [0.1, 0.15) is 23.3 Å². The Morgan fingerprint density at radius 1 is 1.53 bits per heavy atom. The number of hydrogen-bond donors (Lipinski definition) is 2. The first kappa shape index (κ1) is 12.2. The standard InChI is InChI=1S/C11H18N2OS/c1-9-5-7-15-10(9)8-13-6-3-4-11(14)12-2/h5,7,13H,3-4,6,8H2,1-2H3,(H,12,14). The lowest BCUT2D eigenvalue weighted by Gasteiger charge is -2.03. The molecule has 1 amide bonds. The van der Waals surface area contributed by atoms with Crippen LogP contribution in [0.15, 0.2) is 11.4 Å². The number of rotatable bonds is 6. The summed E-state index contributed by atoms with van der Waals surface area (Å²) in [7, 11) is 1.67. The molecule has 0 aliphatic heterocycles. The van der Waals surface area contributed by atoms with Crippen LogP contribution in [0.3, 0.4) is 0 Å². The maximum atomic E-state index is 10.9. The molecule has 0 aromatic carbocycles. The molecule has 15 heavy (non-hydrogen) atoms. The van der Waals surface area contributed by atoms with Crippen molar-refractivity contribution in [1.29, 1.82) is 0 Å². The Bertz CT molecular complexity index is 309. The second-order valence-electron chi connectivity index (χ2n) is 3.48. The lowest BCUT2D eigenvalue weighted by molar-refractivity contribution is -0.120. The van der Waals surface area contributed by atoms with Gasteiger partial charge in [-0.25, -0.2) is 0 Å². The highest BCUT2D eigenvalue weighted by molar-refractivity contribution is 7.10. The van der Waals surface area contributed by atoms with Crippen molar-refractivity contribution in [3.05, 3.63) is 21.9 Å². The Hall–Kier alpha value is -0.870. The largest absolute Gasteiger partial charge is 0.359 e. The van der Waals surface area contributed by atoms with Gasteiger partial charge < -0.3 is 10.6 Å². The van der Waals surface area contributed by atoms with Gasteiger partial charge in [0, 0.05) is 24.9 Å². The van der Waals surface area contributed by atoms with Gasteiger partial charge in [0.2, 0.25) is 5.91 Å². The fraction of sp³-hybridized carbons (Fsp3) is 0.545. The molecule has 1 aromatic heterocycles. The first-order chi connectivity index (χ1) is 7.24. The van der Waals surface area contributed by atoms with Crippen LogP contribution in [0.2, 0.25) is 0 Å². The number of thiophene rings is 1. The number of hydrogen-bond acceptors (Lipinski definition) is 3. The van der Waals surface area contributed by atoms with E-state index in [4.69, 9.17) is 0 Å². The molecule has 0 bridgehead atoms. The number of nitrogens with one attached hydrogen (secondary N) is 2. The third-order valence-corrected chi connectivity index (χ3v) is 3.31. The predicted molar refractivity (Wildman–Crippen MR) is 64.1 cm³/mol. The van der Waals surface area contributed by atoms with Crippen LogP contribution in [0.4, 0.5) is 0 Å². The zero-order valence-corrected chi connectivity index (χ0v) is 10.1. The second kappa shape index (κ2) is 6.58. The topological polar surface area (TPSA) is 41.1 Å². The van der Waals surface area contributed by atoms with E-state index in [-0.39, 0.29) is 5.91 Å². The molecule has 0 unspecified atom stereocenters. The number of carbonyl (C=O) groups is 1. The van der Waals surface area contributed by atoms with Crippen LogP contribution >= 0.6 is 11.3 Å². The smallest absolute Gasteiger partial charge is 0.219 e. The van der Waals surface area contributed by atoms with Gasteiger partial charge >= 0.3 is 0 Å². The summed E-state index contributed by atoms with van der Waals surface area (Å²) in [4.78, 5) is 12.3. The van der Waals surface area contributed by atoms with Crippen molar-refractivity contribution >= 4 is 17.2 Å². The molecule has 1 aromatic rings. The zero-order chi connectivity index (χ0) is 11.1. The summed E-state index contributed by atoms with van der Waals surface area (Å²) in [5, 5.41) is 8.06. The highest BCUT2D eigenvalue weighted by atomic mass is 32.1. The van der Waals surface area contributed by atoms with Gasteiger partial charge in [-0.2, -0.15) is 0 Å². The fourth-order valence-electron chi connectivity index (χ4n) is 1.29. The van der Waals surface area contributed by atoms with Gasteiger partial charge in [-0.05, 0) is 36.9 Å². The quantitative estimate of drug-likeness (QED) is 0.725. The van der Waals surface area contributed by atoms with Crippen LogP contribution in [0.25, 0.3) is 0 Å². The lowest BCUT2D eigenvalue weighted by atomic mass is 10.2. The van der Waals surface area contributed by atoms with E-state index in [1.807, 2.05) is 0 Å². The van der Waals surface area contributed by atoms with E-state index < -0.39 is 0 Å². The van der Waals surface area contributed by atoms with E-state index in [1.165, 1.54) is 10.4 Å². The maximum absolute atomic E-state index is 10.9. The van der Waals surface area contributed by atoms with Crippen LogP contribution in [-0.4, -0.2) is 19.5 Å². The van der Waals surface area contributed by atoms with Crippen molar-refractivity contribution in [3.63, 3.8) is 0 Å². The summed E-state index contributed by atoms with van der Waals surface area (Å²) in [5.41, 5.74) is 1.35. The highest BCUT2D eigenvalue weighted by Gasteiger charge is 1.99. The molecule has 0 atom stereocenters. The molecule has 0 saturated heterocycles. The molecule has 4 heteroatoms. The molecular weight excluding hydrogens is 208 g/mol. The van der Waals surface area contributed by atoms with Gasteiger partial charge in [0.15, 0.2) is 0 Å². The maximum Gasteiger partial charge on any atom is 0.219 e. The van der Waals surface area contributed by atoms with Crippen LogP contribution < -0.4 is 10.6 Å². The van der Waals surface area contributed by atoms with Gasteiger partial charge in [0.05, 0.1) is 0 Å². The lowest BCUT2D eigenvalue weighted by Crippen LogP contribution is -2.20. The van der Waals surface area contributed by atoms with Gasteiger partial charge in [0.1, 0.15) is 0 Å². The number of amides is 1. The van der Waals surface area contributed by atoms with E-state index in [0.29, 0.717) is 6.42 Å². The molecule has 0 spiro atoms. The molecule has 3 nitrogen and oxygen atoms in total. The Balaban J connectivity index is 2.07. The first-order valence-electron chi connectivity index (χ1n) is 5.18. The molecule has 0 aliphatic carbocycles. The third-order valence-electron chi connectivity index (χ3n) is 2.29. The summed E-state index contributed by atoms with van der Waals surface area (Å²) in [6.45, 7) is 3.93. The second-order valence-corrected chi connectivity index (χ2v) is 4.48. The van der Waals surface area contributed by atoms with Gasteiger partial charge in [-0.3, -0.25) is 4.79 Å². The third kappa shape index (κ3) is 4.44. The minimum Gasteiger partial charge on any atom is -0.359 e. The zero-order valence-electron chi connectivity index (χ0n) is 9.30. The van der Waals surface area contributed by atoms with E-state index >= 15 is 0 Å². The molecule has 0 fully saturated rings. The van der Waals surface area contributed by atoms with Crippen LogP contribution in [0.5, 0.6) is 0 Å². The molecule has 0 aliphatic rings. The van der Waals surface area contributed by atoms with Crippen LogP contribution in [0, 0.1) is 6.92 Å². The molecule has 1 heterocycles. The number of carbonyl (C=O) groups excluding carboxylic acids is 1. The Kier molecular flexibility index (Phi) is 5.36. The van der Waals surface area contributed by atoms with E-state index in [1.54, 1.807) is 18.4 Å². The van der Waals surface area contributed by atoms with Gasteiger partial charge in [0.25, 0.3) is 0 Å². The van der Waals surface area contributed by atoms with Crippen molar-refractivity contribution in [3.8, 4) is 0 Å². The summed E-state index contributed by atoms with van der Waals surface area (Å²) in [6, 6.07) is 2.13. The average Bonchev–Trinajstić information content (AvgIpc) is 2.63. The predicted octanol–water partition coefficient (Wildman–Crippen LogP) is 1.67. The monoisotopic (exact) mass is 226 g/mol. The SMILES string of the molecule is CNC(=O)CCCNCc1sccc1C. The minimum atomic E-state index is 0.115. The average molecular weight is 226 g/mol. The summed E-state index contributed by atoms with van der Waals surface area (Å²) in [6.07, 6.45) is 1.50. The van der Waals surface area contributed by atoms with Gasteiger partial charge in [-0.1, -0.05) is 0 Å². The summed E-state index contributed by atoms with van der Waals surface area (Å²) in [5.74, 6) is 0.115. The van der Waals surface area contributed by atoms with Crippen LogP contribution in [-0.2, 0) is 11.3 Å². The van der Waals surface area contributed by atoms with Gasteiger partial charge in [-0.15, -0.1) is 11.3 Å². The van der Waals surface area contributed by atoms with Crippen molar-refractivity contribution in [2.24, 2.45) is 0 Å². The van der Waals surface area contributed by atoms with E-state index in [0.717, 1.165) is 19.5 Å². The fourth-order valence-corrected chi connectivity index (χ4v) is 2.16. The first-order valence-corrected chi connectivity index (χ1v) is 6.06. The Morgan fingerprint density at radius 2 is 2.33 bits per heavy atom. The van der Waals surface area contributed by atoms with Crippen molar-refractivity contribution < 1.29 is 4.79 Å². The molecule has 0 saturated carbocycles. The number of aryl methyl sites for hydroxylation is 1. The molecule has 0 radical (unpaired) electrons. The molecule has 84 valence electrons. The normalized spacial score (nSPS) is 10.3. The molecular formula is C11H18N2OS. The highest BCUT2D eigenvalue weighted by Crippen LogP contribution is 2.14. The summed E-state index contributed by atoms with van der Waals surface area (Å²) >= 11 is 1.78. The minimum absolute atomic E-state index is 0.115. The Labute approximate surface area is 94.9 Å². The van der Waals surface area contributed by atoms with Crippen molar-refractivity contribution in [2.75, 3.05) is 13.6 Å². The van der Waals surface area contributed by atoms with E-state index in [9.17, 15) is 4.79 Å². The molecule has 1 rings (SSSR count). The van der Waals surface area contributed by atoms with E-state index in [2.05, 4.69) is 29.0 Å². The molecule has 2 N–H and O–H groups in total. The van der Waals surface area contributed by atoms with Crippen molar-refractivity contribution in [1.82, 2.24) is 10.6 Å². The summed E-state index contributed by atoms with van der Waals surface area (Å²) < 4.78 is 0. The van der Waals surface area contributed by atoms with Crippen molar-refractivity contribution in [2.45, 2.75) is 26.3 Å².